The topological polar surface area (TPSA) is 3.24 Å². The molecule has 2 heteroatoms. The molecule has 0 bridgehead atoms. The van der Waals surface area contributed by atoms with Crippen LogP contribution in [-0.2, 0) is 0 Å². The zero-order valence-corrected chi connectivity index (χ0v) is 6.82. The van der Waals surface area contributed by atoms with Gasteiger partial charge < -0.3 is 0 Å². The molecule has 0 aliphatic carbocycles. The Morgan fingerprint density at radius 3 is 2.50 bits per heavy atom. The first kappa shape index (κ1) is 7.73. The molecular weight excluding hydrogens is 129 g/mol. The maximum atomic E-state index is 12.6. The van der Waals surface area contributed by atoms with E-state index in [-0.39, 0.29) is 5.83 Å². The molecule has 0 saturated carbocycles. The van der Waals surface area contributed by atoms with Crippen molar-refractivity contribution < 1.29 is 4.39 Å². The van der Waals surface area contributed by atoms with E-state index in [2.05, 4.69) is 11.8 Å². The summed E-state index contributed by atoms with van der Waals surface area (Å²) >= 11 is 0. The van der Waals surface area contributed by atoms with Crippen molar-refractivity contribution in [1.29, 1.82) is 0 Å². The lowest BCUT2D eigenvalue weighted by Crippen LogP contribution is -2.20. The van der Waals surface area contributed by atoms with Crippen LogP contribution in [0.3, 0.4) is 0 Å². The quantitative estimate of drug-likeness (QED) is 0.501. The van der Waals surface area contributed by atoms with E-state index in [4.69, 9.17) is 0 Å². The summed E-state index contributed by atoms with van der Waals surface area (Å²) in [5.74, 6) is 0.0104. The van der Waals surface area contributed by atoms with Crippen LogP contribution in [0.25, 0.3) is 0 Å². The van der Waals surface area contributed by atoms with E-state index in [9.17, 15) is 4.39 Å². The Bertz CT molecular complexity index is 147. The zero-order chi connectivity index (χ0) is 7.72. The molecule has 1 unspecified atom stereocenters. The summed E-state index contributed by atoms with van der Waals surface area (Å²) in [6, 6.07) is 0.515. The lowest BCUT2D eigenvalue weighted by molar-refractivity contribution is 0.332. The highest BCUT2D eigenvalue weighted by atomic mass is 19.1. The number of hydrogen-bond acceptors (Lipinski definition) is 1. The maximum absolute atomic E-state index is 12.6. The molecule has 1 rings (SSSR count). The van der Waals surface area contributed by atoms with Crippen LogP contribution in [0.5, 0.6) is 0 Å². The van der Waals surface area contributed by atoms with Crippen LogP contribution in [0.15, 0.2) is 11.4 Å². The normalized spacial score (nSPS) is 33.0. The first-order chi connectivity index (χ1) is 4.61. The second kappa shape index (κ2) is 2.70. The monoisotopic (exact) mass is 143 g/mol. The number of likely N-dealkylation sites (tertiary alicyclic amines) is 1. The molecule has 0 N–H and O–H groups in total. The van der Waals surface area contributed by atoms with E-state index in [1.165, 1.54) is 0 Å². The minimum atomic E-state index is 0.0104. The molecule has 0 aromatic rings. The van der Waals surface area contributed by atoms with Gasteiger partial charge >= 0.3 is 0 Å². The van der Waals surface area contributed by atoms with Gasteiger partial charge in [0.2, 0.25) is 0 Å². The summed E-state index contributed by atoms with van der Waals surface area (Å²) in [5.41, 5.74) is 0.968. The number of allylic oxidation sites excluding steroid dienone is 1. The first-order valence-corrected chi connectivity index (χ1v) is 3.65. The summed E-state index contributed by atoms with van der Waals surface area (Å²) in [6.45, 7) is 4.47. The minimum Gasteiger partial charge on any atom is -0.299 e. The van der Waals surface area contributed by atoms with Crippen LogP contribution in [0.2, 0.25) is 0 Å². The fraction of sp³-hybridized carbons (Fsp3) is 0.750. The first-order valence-electron chi connectivity index (χ1n) is 3.65. The highest BCUT2D eigenvalue weighted by molar-refractivity contribution is 5.14. The molecule has 1 saturated heterocycles. The van der Waals surface area contributed by atoms with E-state index in [0.29, 0.717) is 6.04 Å². The van der Waals surface area contributed by atoms with E-state index in [0.717, 1.165) is 18.5 Å². The highest BCUT2D eigenvalue weighted by Gasteiger charge is 2.21. The number of halogens is 1. The van der Waals surface area contributed by atoms with Crippen molar-refractivity contribution in [2.75, 3.05) is 13.6 Å². The number of likely N-dealkylation sites (N-methyl/N-ethyl adjacent to an activating group) is 1. The molecule has 1 fully saturated rings. The average molecular weight is 143 g/mol. The van der Waals surface area contributed by atoms with Crippen molar-refractivity contribution in [3.05, 3.63) is 11.4 Å². The second-order valence-corrected chi connectivity index (χ2v) is 3.11. The van der Waals surface area contributed by atoms with E-state index in [1.54, 1.807) is 6.92 Å². The van der Waals surface area contributed by atoms with Crippen molar-refractivity contribution in [2.24, 2.45) is 0 Å². The molecule has 0 aromatic heterocycles. The molecular formula is C8H14FN. The second-order valence-electron chi connectivity index (χ2n) is 3.11. The smallest absolute Gasteiger partial charge is 0.0974 e. The predicted molar refractivity (Wildman–Crippen MR) is 40.5 cm³/mol. The Labute approximate surface area is 61.5 Å². The molecule has 1 atom stereocenters. The van der Waals surface area contributed by atoms with Gasteiger partial charge in [0, 0.05) is 12.6 Å². The molecule has 0 spiro atoms. The fourth-order valence-corrected chi connectivity index (χ4v) is 1.28. The third kappa shape index (κ3) is 1.37. The van der Waals surface area contributed by atoms with Crippen molar-refractivity contribution in [1.82, 2.24) is 4.90 Å². The zero-order valence-electron chi connectivity index (χ0n) is 6.82. The molecule has 0 aromatic carbocycles. The molecule has 10 heavy (non-hydrogen) atoms. The summed E-state index contributed by atoms with van der Waals surface area (Å²) in [4.78, 5) is 2.17. The summed E-state index contributed by atoms with van der Waals surface area (Å²) in [6.07, 6.45) is 0.902. The van der Waals surface area contributed by atoms with Crippen molar-refractivity contribution in [3.63, 3.8) is 0 Å². The van der Waals surface area contributed by atoms with Gasteiger partial charge in [-0.15, -0.1) is 0 Å². The van der Waals surface area contributed by atoms with Crippen LogP contribution in [-0.4, -0.2) is 24.5 Å². The van der Waals surface area contributed by atoms with Crippen molar-refractivity contribution >= 4 is 0 Å². The third-order valence-corrected chi connectivity index (χ3v) is 2.22. The minimum absolute atomic E-state index is 0.0104. The molecule has 58 valence electrons. The van der Waals surface area contributed by atoms with Crippen molar-refractivity contribution in [3.8, 4) is 0 Å². The van der Waals surface area contributed by atoms with E-state index >= 15 is 0 Å². The number of rotatable bonds is 0. The number of nitrogens with zero attached hydrogens (tertiary/aromatic N) is 1. The molecule has 1 aliphatic heterocycles. The van der Waals surface area contributed by atoms with Gasteiger partial charge in [-0.2, -0.15) is 0 Å². The average Bonchev–Trinajstić information content (AvgIpc) is 2.13. The molecule has 1 aliphatic rings. The van der Waals surface area contributed by atoms with Gasteiger partial charge in [-0.05, 0) is 32.9 Å². The number of hydrogen-bond donors (Lipinski definition) is 0. The van der Waals surface area contributed by atoms with Crippen LogP contribution >= 0.6 is 0 Å². The Morgan fingerprint density at radius 2 is 2.30 bits per heavy atom. The van der Waals surface area contributed by atoms with Gasteiger partial charge in [-0.25, -0.2) is 4.39 Å². The molecule has 0 radical (unpaired) electrons. The highest BCUT2D eigenvalue weighted by Crippen LogP contribution is 2.23. The van der Waals surface area contributed by atoms with Gasteiger partial charge in [-0.1, -0.05) is 0 Å². The van der Waals surface area contributed by atoms with Gasteiger partial charge in [-0.3, -0.25) is 4.90 Å². The summed E-state index contributed by atoms with van der Waals surface area (Å²) in [7, 11) is 2.03. The lowest BCUT2D eigenvalue weighted by atomic mass is 10.1. The van der Waals surface area contributed by atoms with E-state index < -0.39 is 0 Å². The Balaban J connectivity index is 2.66. The van der Waals surface area contributed by atoms with Crippen LogP contribution in [0, 0.1) is 0 Å². The molecule has 1 nitrogen and oxygen atoms in total. The predicted octanol–water partition coefficient (Wildman–Crippen LogP) is 1.95. The third-order valence-electron chi connectivity index (χ3n) is 2.22. The van der Waals surface area contributed by atoms with Crippen LogP contribution in [0.4, 0.5) is 4.39 Å². The SMILES string of the molecule is C/C(F)=C1\CC(C)N(C)C1. The maximum Gasteiger partial charge on any atom is 0.0974 e. The van der Waals surface area contributed by atoms with Crippen LogP contribution in [0.1, 0.15) is 20.3 Å². The van der Waals surface area contributed by atoms with Gasteiger partial charge in [0.1, 0.15) is 0 Å². The van der Waals surface area contributed by atoms with Crippen LogP contribution < -0.4 is 0 Å². The Kier molecular flexibility index (Phi) is 2.09. The van der Waals surface area contributed by atoms with Gasteiger partial charge in [0.25, 0.3) is 0 Å². The van der Waals surface area contributed by atoms with Gasteiger partial charge in [0.05, 0.1) is 5.83 Å². The summed E-state index contributed by atoms with van der Waals surface area (Å²) in [5, 5.41) is 0. The van der Waals surface area contributed by atoms with E-state index in [1.807, 2.05) is 7.05 Å². The molecule has 1 heterocycles. The Hall–Kier alpha value is -0.370. The largest absolute Gasteiger partial charge is 0.299 e. The van der Waals surface area contributed by atoms with Crippen molar-refractivity contribution in [2.45, 2.75) is 26.3 Å². The summed E-state index contributed by atoms with van der Waals surface area (Å²) < 4.78 is 12.6. The standard InChI is InChI=1S/C8H14FN/c1-6-4-8(7(2)9)5-10(6)3/h6H,4-5H2,1-3H3/b8-7-. The molecule has 0 amide bonds. The fourth-order valence-electron chi connectivity index (χ4n) is 1.28. The lowest BCUT2D eigenvalue weighted by Gasteiger charge is -2.11. The Morgan fingerprint density at radius 1 is 1.70 bits per heavy atom. The van der Waals surface area contributed by atoms with Gasteiger partial charge in [0.15, 0.2) is 0 Å².